The molecule has 2 rings (SSSR count). The monoisotopic (exact) mass is 456 g/mol. The minimum atomic E-state index is 0.0987. The van der Waals surface area contributed by atoms with Gasteiger partial charge < -0.3 is 0 Å². The van der Waals surface area contributed by atoms with E-state index in [9.17, 15) is 4.79 Å². The average molecular weight is 457 g/mol. The van der Waals surface area contributed by atoms with Crippen LogP contribution in [0.25, 0.3) is 0 Å². The molecule has 0 fully saturated rings. The molecule has 2 aromatic carbocycles. The third-order valence-electron chi connectivity index (χ3n) is 4.40. The summed E-state index contributed by atoms with van der Waals surface area (Å²) in [6.45, 7) is 10.4. The smallest absolute Gasteiger partial charge is 0.194 e. The van der Waals surface area contributed by atoms with Crippen molar-refractivity contribution in [2.24, 2.45) is 0 Å². The van der Waals surface area contributed by atoms with E-state index >= 15 is 0 Å². The first kappa shape index (κ1) is 16.7. The largest absolute Gasteiger partial charge is 0.289 e. The second-order valence-corrected chi connectivity index (χ2v) is 7.55. The van der Waals surface area contributed by atoms with Gasteiger partial charge in [0, 0.05) is 19.2 Å². The molecular weight excluding hydrogens is 439 g/mol. The molecule has 0 spiro atoms. The van der Waals surface area contributed by atoms with Crippen LogP contribution in [0.4, 0.5) is 0 Å². The molecule has 0 saturated carbocycles. The summed E-state index contributed by atoms with van der Waals surface area (Å²) in [5.41, 5.74) is 7.46. The van der Waals surface area contributed by atoms with Crippen LogP contribution in [-0.4, -0.2) is 5.78 Å². The number of hydrogen-bond donors (Lipinski definition) is 0. The van der Waals surface area contributed by atoms with Gasteiger partial charge in [-0.2, -0.15) is 0 Å². The van der Waals surface area contributed by atoms with Crippen LogP contribution in [0.15, 0.2) is 22.7 Å². The van der Waals surface area contributed by atoms with Gasteiger partial charge in [-0.25, -0.2) is 0 Å². The van der Waals surface area contributed by atoms with Gasteiger partial charge in [0.2, 0.25) is 0 Å². The molecule has 110 valence electrons. The van der Waals surface area contributed by atoms with Gasteiger partial charge in [-0.05, 0) is 103 Å². The standard InChI is InChI=1S/C18H18BrIO/c1-9-10(2)12(4)17(13(5)11(9)3)18(21)15-8-14(20)6-7-16(15)19/h6-8H,1-5H3. The average Bonchev–Trinajstić information content (AvgIpc) is 2.45. The van der Waals surface area contributed by atoms with Gasteiger partial charge in [0.25, 0.3) is 0 Å². The molecule has 0 unspecified atom stereocenters. The number of hydrogen-bond acceptors (Lipinski definition) is 1. The van der Waals surface area contributed by atoms with E-state index in [-0.39, 0.29) is 5.78 Å². The van der Waals surface area contributed by atoms with Crippen LogP contribution in [0.5, 0.6) is 0 Å². The van der Waals surface area contributed by atoms with Gasteiger partial charge in [0.05, 0.1) is 0 Å². The Hall–Kier alpha value is -0.680. The molecule has 0 aliphatic rings. The lowest BCUT2D eigenvalue weighted by atomic mass is 9.86. The molecule has 0 bridgehead atoms. The Balaban J connectivity index is 2.73. The van der Waals surface area contributed by atoms with E-state index in [1.165, 1.54) is 16.7 Å². The van der Waals surface area contributed by atoms with Crippen LogP contribution >= 0.6 is 38.5 Å². The first-order chi connectivity index (χ1) is 9.75. The molecule has 0 saturated heterocycles. The SMILES string of the molecule is Cc1c(C)c(C)c(C(=O)c2cc(I)ccc2Br)c(C)c1C. The van der Waals surface area contributed by atoms with Crippen LogP contribution in [0, 0.1) is 38.2 Å². The number of benzene rings is 2. The Morgan fingerprint density at radius 1 is 0.905 bits per heavy atom. The fraction of sp³-hybridized carbons (Fsp3) is 0.278. The Bertz CT molecular complexity index is 718. The van der Waals surface area contributed by atoms with E-state index in [0.717, 1.165) is 30.3 Å². The number of rotatable bonds is 2. The van der Waals surface area contributed by atoms with Crippen LogP contribution in [0.2, 0.25) is 0 Å². The molecular formula is C18H18BrIO. The van der Waals surface area contributed by atoms with E-state index in [1.54, 1.807) is 0 Å². The summed E-state index contributed by atoms with van der Waals surface area (Å²) < 4.78 is 1.91. The quantitative estimate of drug-likeness (QED) is 0.410. The van der Waals surface area contributed by atoms with E-state index in [4.69, 9.17) is 0 Å². The van der Waals surface area contributed by atoms with Crippen molar-refractivity contribution in [2.45, 2.75) is 34.6 Å². The third-order valence-corrected chi connectivity index (χ3v) is 5.76. The van der Waals surface area contributed by atoms with E-state index < -0.39 is 0 Å². The van der Waals surface area contributed by atoms with Crippen molar-refractivity contribution < 1.29 is 4.79 Å². The zero-order valence-electron chi connectivity index (χ0n) is 12.9. The maximum absolute atomic E-state index is 13.0. The minimum Gasteiger partial charge on any atom is -0.289 e. The molecule has 2 aromatic rings. The van der Waals surface area contributed by atoms with E-state index in [2.05, 4.69) is 59.3 Å². The van der Waals surface area contributed by atoms with Crippen molar-refractivity contribution in [1.82, 2.24) is 0 Å². The third kappa shape index (κ3) is 2.95. The van der Waals surface area contributed by atoms with Gasteiger partial charge in [0.1, 0.15) is 0 Å². The highest BCUT2D eigenvalue weighted by Crippen LogP contribution is 2.30. The minimum absolute atomic E-state index is 0.0987. The molecule has 1 nitrogen and oxygen atoms in total. The van der Waals surface area contributed by atoms with Crippen LogP contribution in [-0.2, 0) is 0 Å². The summed E-state index contributed by atoms with van der Waals surface area (Å²) in [5, 5.41) is 0. The summed E-state index contributed by atoms with van der Waals surface area (Å²) >= 11 is 5.74. The molecule has 21 heavy (non-hydrogen) atoms. The van der Waals surface area contributed by atoms with Crippen LogP contribution in [0.1, 0.15) is 43.7 Å². The zero-order chi connectivity index (χ0) is 15.9. The second-order valence-electron chi connectivity index (χ2n) is 5.45. The lowest BCUT2D eigenvalue weighted by molar-refractivity contribution is 0.103. The highest BCUT2D eigenvalue weighted by atomic mass is 127. The normalized spacial score (nSPS) is 10.8. The highest BCUT2D eigenvalue weighted by molar-refractivity contribution is 14.1. The molecule has 0 N–H and O–H groups in total. The van der Waals surface area contributed by atoms with Crippen LogP contribution < -0.4 is 0 Å². The number of carbonyl (C=O) groups is 1. The van der Waals surface area contributed by atoms with Gasteiger partial charge in [0.15, 0.2) is 5.78 Å². The van der Waals surface area contributed by atoms with Crippen molar-refractivity contribution >= 4 is 44.3 Å². The second kappa shape index (κ2) is 6.21. The lowest BCUT2D eigenvalue weighted by Crippen LogP contribution is -2.11. The summed E-state index contributed by atoms with van der Waals surface area (Å²) in [7, 11) is 0. The van der Waals surface area contributed by atoms with E-state index in [1.807, 2.05) is 32.0 Å². The first-order valence-corrected chi connectivity index (χ1v) is 8.69. The number of ketones is 1. The fourth-order valence-electron chi connectivity index (χ4n) is 2.65. The van der Waals surface area contributed by atoms with Gasteiger partial charge in [-0.1, -0.05) is 15.9 Å². The molecule has 0 aromatic heterocycles. The van der Waals surface area contributed by atoms with Gasteiger partial charge in [-0.3, -0.25) is 4.79 Å². The van der Waals surface area contributed by atoms with E-state index in [0.29, 0.717) is 0 Å². The summed E-state index contributed by atoms with van der Waals surface area (Å²) in [6.07, 6.45) is 0. The maximum Gasteiger partial charge on any atom is 0.194 e. The molecule has 0 amide bonds. The number of halogens is 2. The molecule has 0 aliphatic heterocycles. The Morgan fingerprint density at radius 3 is 1.90 bits per heavy atom. The summed E-state index contributed by atoms with van der Waals surface area (Å²) in [5.74, 6) is 0.0987. The molecule has 0 heterocycles. The molecule has 3 heteroatoms. The van der Waals surface area contributed by atoms with Crippen molar-refractivity contribution in [1.29, 1.82) is 0 Å². The van der Waals surface area contributed by atoms with Crippen LogP contribution in [0.3, 0.4) is 0 Å². The van der Waals surface area contributed by atoms with Crippen molar-refractivity contribution in [3.63, 3.8) is 0 Å². The lowest BCUT2D eigenvalue weighted by Gasteiger charge is -2.18. The number of carbonyl (C=O) groups excluding carboxylic acids is 1. The topological polar surface area (TPSA) is 17.1 Å². The molecule has 0 aliphatic carbocycles. The predicted octanol–water partition coefficient (Wildman–Crippen LogP) is 5.83. The Morgan fingerprint density at radius 2 is 1.38 bits per heavy atom. The summed E-state index contributed by atoms with van der Waals surface area (Å²) in [4.78, 5) is 13.0. The summed E-state index contributed by atoms with van der Waals surface area (Å²) in [6, 6.07) is 5.87. The fourth-order valence-corrected chi connectivity index (χ4v) is 3.56. The predicted molar refractivity (Wildman–Crippen MR) is 100 cm³/mol. The molecule has 0 radical (unpaired) electrons. The van der Waals surface area contributed by atoms with Crippen molar-refractivity contribution in [2.75, 3.05) is 0 Å². The highest BCUT2D eigenvalue weighted by Gasteiger charge is 2.21. The van der Waals surface area contributed by atoms with Gasteiger partial charge >= 0.3 is 0 Å². The first-order valence-electron chi connectivity index (χ1n) is 6.82. The zero-order valence-corrected chi connectivity index (χ0v) is 16.6. The molecule has 0 atom stereocenters. The Kier molecular flexibility index (Phi) is 4.93. The van der Waals surface area contributed by atoms with Gasteiger partial charge in [-0.15, -0.1) is 0 Å². The van der Waals surface area contributed by atoms with Crippen molar-refractivity contribution in [3.05, 3.63) is 65.2 Å². The van der Waals surface area contributed by atoms with Crippen molar-refractivity contribution in [3.8, 4) is 0 Å². The Labute approximate surface area is 148 Å². The maximum atomic E-state index is 13.0.